The molecule has 7 heteroatoms. The second kappa shape index (κ2) is 5.47. The molecule has 0 atom stereocenters. The van der Waals surface area contributed by atoms with Gasteiger partial charge in [0.05, 0.1) is 0 Å². The highest BCUT2D eigenvalue weighted by Crippen LogP contribution is 2.23. The molecule has 1 heterocycles. The van der Waals surface area contributed by atoms with Gasteiger partial charge in [-0.05, 0) is 19.1 Å². The molecule has 0 aliphatic heterocycles. The van der Waals surface area contributed by atoms with Crippen LogP contribution in [0.2, 0.25) is 0 Å². The van der Waals surface area contributed by atoms with Crippen molar-refractivity contribution in [1.29, 1.82) is 0 Å². The highest BCUT2D eigenvalue weighted by molar-refractivity contribution is 5.61. The molecule has 0 saturated carbocycles. The molecular weight excluding hydrogens is 252 g/mol. The number of hydrogen-bond acceptors (Lipinski definition) is 5. The van der Waals surface area contributed by atoms with Crippen molar-refractivity contribution in [3.63, 3.8) is 0 Å². The number of aromatic nitrogens is 2. The van der Waals surface area contributed by atoms with Crippen molar-refractivity contribution in [3.8, 4) is 0 Å². The first kappa shape index (κ1) is 13.0. The number of nitrogens with two attached hydrogens (primary N) is 1. The molecule has 0 saturated heterocycles. The molecule has 2 aromatic rings. The summed E-state index contributed by atoms with van der Waals surface area (Å²) in [6, 6.07) is 5.11. The van der Waals surface area contributed by atoms with E-state index >= 15 is 0 Å². The lowest BCUT2D eigenvalue weighted by Crippen LogP contribution is -2.06. The molecule has 1 aromatic heterocycles. The highest BCUT2D eigenvalue weighted by atomic mass is 19.1. The highest BCUT2D eigenvalue weighted by Gasteiger charge is 2.10. The minimum atomic E-state index is -0.706. The van der Waals surface area contributed by atoms with E-state index in [4.69, 9.17) is 5.73 Å². The molecule has 0 spiro atoms. The third-order valence-corrected chi connectivity index (χ3v) is 2.32. The SMILES string of the molecule is CCNc1cc(Nc2c(F)cccc2F)nc(N)n1. The lowest BCUT2D eigenvalue weighted by molar-refractivity contribution is 0.590. The van der Waals surface area contributed by atoms with E-state index in [1.807, 2.05) is 6.92 Å². The second-order valence-electron chi connectivity index (χ2n) is 3.75. The van der Waals surface area contributed by atoms with E-state index in [1.54, 1.807) is 0 Å². The zero-order valence-corrected chi connectivity index (χ0v) is 10.2. The maximum atomic E-state index is 13.5. The van der Waals surface area contributed by atoms with E-state index in [-0.39, 0.29) is 17.5 Å². The largest absolute Gasteiger partial charge is 0.370 e. The molecule has 0 bridgehead atoms. The summed E-state index contributed by atoms with van der Waals surface area (Å²) in [6.45, 7) is 2.53. The normalized spacial score (nSPS) is 10.3. The van der Waals surface area contributed by atoms with Crippen molar-refractivity contribution < 1.29 is 8.78 Å². The van der Waals surface area contributed by atoms with Crippen molar-refractivity contribution in [1.82, 2.24) is 9.97 Å². The maximum absolute atomic E-state index is 13.5. The fourth-order valence-corrected chi connectivity index (χ4v) is 1.55. The zero-order chi connectivity index (χ0) is 13.8. The molecule has 5 nitrogen and oxygen atoms in total. The monoisotopic (exact) mass is 265 g/mol. The van der Waals surface area contributed by atoms with Gasteiger partial charge < -0.3 is 16.4 Å². The van der Waals surface area contributed by atoms with Gasteiger partial charge in [0.1, 0.15) is 29.0 Å². The zero-order valence-electron chi connectivity index (χ0n) is 10.2. The lowest BCUT2D eigenvalue weighted by Gasteiger charge is -2.10. The van der Waals surface area contributed by atoms with Crippen LogP contribution in [0.5, 0.6) is 0 Å². The molecule has 1 aromatic carbocycles. The third-order valence-electron chi connectivity index (χ3n) is 2.32. The number of benzene rings is 1. The van der Waals surface area contributed by atoms with Gasteiger partial charge in [-0.25, -0.2) is 8.78 Å². The number of nitrogen functional groups attached to an aromatic ring is 1. The van der Waals surface area contributed by atoms with Gasteiger partial charge >= 0.3 is 0 Å². The summed E-state index contributed by atoms with van der Waals surface area (Å²) in [4.78, 5) is 7.81. The van der Waals surface area contributed by atoms with E-state index in [0.717, 1.165) is 12.1 Å². The van der Waals surface area contributed by atoms with Crippen LogP contribution in [0.4, 0.5) is 32.1 Å². The van der Waals surface area contributed by atoms with E-state index < -0.39 is 11.6 Å². The van der Waals surface area contributed by atoms with Gasteiger partial charge in [-0.3, -0.25) is 0 Å². The second-order valence-corrected chi connectivity index (χ2v) is 3.75. The van der Waals surface area contributed by atoms with Crippen LogP contribution in [-0.4, -0.2) is 16.5 Å². The lowest BCUT2D eigenvalue weighted by atomic mass is 10.3. The first-order valence-electron chi connectivity index (χ1n) is 5.69. The Balaban J connectivity index is 2.33. The molecular formula is C12H13F2N5. The van der Waals surface area contributed by atoms with Gasteiger partial charge in [-0.2, -0.15) is 9.97 Å². The van der Waals surface area contributed by atoms with Gasteiger partial charge in [-0.1, -0.05) is 6.07 Å². The molecule has 4 N–H and O–H groups in total. The molecule has 0 fully saturated rings. The van der Waals surface area contributed by atoms with Crippen LogP contribution in [0.15, 0.2) is 24.3 Å². The molecule has 0 aliphatic rings. The predicted molar refractivity (Wildman–Crippen MR) is 70.2 cm³/mol. The summed E-state index contributed by atoms with van der Waals surface area (Å²) in [5.41, 5.74) is 5.25. The summed E-state index contributed by atoms with van der Waals surface area (Å²) >= 11 is 0. The standard InChI is InChI=1S/C12H13F2N5/c1-2-16-9-6-10(19-12(15)18-9)17-11-7(13)4-3-5-8(11)14/h3-6H,2H2,1H3,(H4,15,16,17,18,19). The van der Waals surface area contributed by atoms with Crippen molar-refractivity contribution in [2.24, 2.45) is 0 Å². The summed E-state index contributed by atoms with van der Waals surface area (Å²) in [5, 5.41) is 5.50. The fraction of sp³-hybridized carbons (Fsp3) is 0.167. The topological polar surface area (TPSA) is 75.9 Å². The summed E-state index contributed by atoms with van der Waals surface area (Å²) in [6.07, 6.45) is 0. The Kier molecular flexibility index (Phi) is 3.74. The smallest absolute Gasteiger partial charge is 0.223 e. The molecule has 100 valence electrons. The quantitative estimate of drug-likeness (QED) is 0.792. The summed E-state index contributed by atoms with van der Waals surface area (Å²) in [7, 11) is 0. The van der Waals surface area contributed by atoms with E-state index in [1.165, 1.54) is 12.1 Å². The van der Waals surface area contributed by atoms with Crippen molar-refractivity contribution in [2.45, 2.75) is 6.92 Å². The summed E-state index contributed by atoms with van der Waals surface area (Å²) in [5.74, 6) is -0.705. The van der Waals surface area contributed by atoms with E-state index in [2.05, 4.69) is 20.6 Å². The van der Waals surface area contributed by atoms with Gasteiger partial charge in [-0.15, -0.1) is 0 Å². The van der Waals surface area contributed by atoms with Crippen LogP contribution in [0, 0.1) is 11.6 Å². The first-order valence-corrected chi connectivity index (χ1v) is 5.69. The number of hydrogen-bond donors (Lipinski definition) is 3. The Morgan fingerprint density at radius 1 is 1.16 bits per heavy atom. The molecule has 0 amide bonds. The van der Waals surface area contributed by atoms with Crippen LogP contribution >= 0.6 is 0 Å². The van der Waals surface area contributed by atoms with Gasteiger partial charge in [0.15, 0.2) is 0 Å². The minimum Gasteiger partial charge on any atom is -0.370 e. The number of para-hydroxylation sites is 1. The fourth-order valence-electron chi connectivity index (χ4n) is 1.55. The molecule has 0 radical (unpaired) electrons. The average Bonchev–Trinajstić information content (AvgIpc) is 2.34. The molecule has 19 heavy (non-hydrogen) atoms. The predicted octanol–water partition coefficient (Wildman–Crippen LogP) is 2.51. The summed E-state index contributed by atoms with van der Waals surface area (Å²) < 4.78 is 27.0. The maximum Gasteiger partial charge on any atom is 0.223 e. The van der Waals surface area contributed by atoms with Crippen LogP contribution < -0.4 is 16.4 Å². The van der Waals surface area contributed by atoms with Gasteiger partial charge in [0, 0.05) is 12.6 Å². The number of nitrogens with one attached hydrogen (secondary N) is 2. The first-order chi connectivity index (χ1) is 9.10. The van der Waals surface area contributed by atoms with Crippen LogP contribution in [-0.2, 0) is 0 Å². The average molecular weight is 265 g/mol. The molecule has 0 aliphatic carbocycles. The minimum absolute atomic E-state index is 0.0118. The van der Waals surface area contributed by atoms with Crippen molar-refractivity contribution in [3.05, 3.63) is 35.9 Å². The van der Waals surface area contributed by atoms with Crippen molar-refractivity contribution >= 4 is 23.3 Å². The molecule has 0 unspecified atom stereocenters. The van der Waals surface area contributed by atoms with Gasteiger partial charge in [0.25, 0.3) is 0 Å². The Bertz CT molecular complexity index is 568. The number of rotatable bonds is 4. The van der Waals surface area contributed by atoms with E-state index in [0.29, 0.717) is 12.4 Å². The van der Waals surface area contributed by atoms with Gasteiger partial charge in [0.2, 0.25) is 5.95 Å². The van der Waals surface area contributed by atoms with E-state index in [9.17, 15) is 8.78 Å². The number of halogens is 2. The number of anilines is 4. The Labute approximate surface area is 108 Å². The Morgan fingerprint density at radius 3 is 2.42 bits per heavy atom. The van der Waals surface area contributed by atoms with Crippen LogP contribution in [0.25, 0.3) is 0 Å². The Morgan fingerprint density at radius 2 is 1.79 bits per heavy atom. The van der Waals surface area contributed by atoms with Crippen LogP contribution in [0.1, 0.15) is 6.92 Å². The molecule has 2 rings (SSSR count). The Hall–Kier alpha value is -2.44. The third kappa shape index (κ3) is 3.06. The van der Waals surface area contributed by atoms with Crippen LogP contribution in [0.3, 0.4) is 0 Å². The van der Waals surface area contributed by atoms with Crippen molar-refractivity contribution in [2.75, 3.05) is 22.9 Å². The number of nitrogens with zero attached hydrogens (tertiary/aromatic N) is 2.